The SMILES string of the molecule is CCNC(=NCc1ccccc1CN(C)Cc1ccco1)NC1CC(C)N(C2CC2)C1.I. The van der Waals surface area contributed by atoms with Crippen LogP contribution in [0.25, 0.3) is 0 Å². The van der Waals surface area contributed by atoms with Gasteiger partial charge in [0.25, 0.3) is 0 Å². The molecule has 6 nitrogen and oxygen atoms in total. The molecule has 2 atom stereocenters. The van der Waals surface area contributed by atoms with Crippen molar-refractivity contribution < 1.29 is 4.42 Å². The number of halogens is 1. The van der Waals surface area contributed by atoms with Gasteiger partial charge in [0.15, 0.2) is 5.96 Å². The molecule has 1 aliphatic heterocycles. The highest BCUT2D eigenvalue weighted by molar-refractivity contribution is 14.0. The quantitative estimate of drug-likeness (QED) is 0.278. The molecule has 0 amide bonds. The summed E-state index contributed by atoms with van der Waals surface area (Å²) in [6.07, 6.45) is 5.66. The standard InChI is InChI=1S/C25H37N5O.HI/c1-4-26-25(28-22-14-19(2)30(17-22)23-11-12-23)27-15-20-8-5-6-9-21(20)16-29(3)18-24-10-7-13-31-24;/h5-10,13,19,22-23H,4,11-12,14-18H2,1-3H3,(H2,26,27,28);1H. The van der Waals surface area contributed by atoms with Gasteiger partial charge in [-0.2, -0.15) is 0 Å². The first kappa shape index (κ1) is 25.1. The monoisotopic (exact) mass is 551 g/mol. The molecule has 176 valence electrons. The second-order valence-electron chi connectivity index (χ2n) is 9.07. The van der Waals surface area contributed by atoms with Crippen LogP contribution in [0.2, 0.25) is 0 Å². The Labute approximate surface area is 209 Å². The van der Waals surface area contributed by atoms with Gasteiger partial charge in [0.2, 0.25) is 0 Å². The summed E-state index contributed by atoms with van der Waals surface area (Å²) in [6, 6.07) is 14.5. The number of furan rings is 1. The van der Waals surface area contributed by atoms with Gasteiger partial charge in [-0.25, -0.2) is 4.99 Å². The number of aliphatic imine (C=N–C) groups is 1. The molecule has 1 aromatic heterocycles. The van der Waals surface area contributed by atoms with Gasteiger partial charge >= 0.3 is 0 Å². The number of nitrogens with one attached hydrogen (secondary N) is 2. The molecule has 1 aromatic carbocycles. The number of hydrogen-bond acceptors (Lipinski definition) is 4. The average Bonchev–Trinajstić information content (AvgIpc) is 3.34. The number of likely N-dealkylation sites (tertiary alicyclic amines) is 1. The Morgan fingerprint density at radius 1 is 1.16 bits per heavy atom. The van der Waals surface area contributed by atoms with Crippen molar-refractivity contribution >= 4 is 29.9 Å². The number of benzene rings is 1. The van der Waals surface area contributed by atoms with Crippen molar-refractivity contribution in [3.8, 4) is 0 Å². The molecule has 2 aliphatic rings. The Balaban J connectivity index is 0.00000289. The second kappa shape index (κ2) is 12.0. The maximum Gasteiger partial charge on any atom is 0.191 e. The molecule has 2 heterocycles. The molecule has 1 saturated carbocycles. The summed E-state index contributed by atoms with van der Waals surface area (Å²) >= 11 is 0. The number of hydrogen-bond donors (Lipinski definition) is 2. The lowest BCUT2D eigenvalue weighted by Crippen LogP contribution is -2.44. The van der Waals surface area contributed by atoms with Crippen molar-refractivity contribution in [3.05, 3.63) is 59.5 Å². The van der Waals surface area contributed by atoms with Crippen LogP contribution in [0.5, 0.6) is 0 Å². The molecule has 1 saturated heterocycles. The van der Waals surface area contributed by atoms with E-state index in [2.05, 4.69) is 65.6 Å². The molecule has 0 radical (unpaired) electrons. The largest absolute Gasteiger partial charge is 0.468 e. The second-order valence-corrected chi connectivity index (χ2v) is 9.07. The van der Waals surface area contributed by atoms with E-state index in [1.54, 1.807) is 6.26 Å². The minimum atomic E-state index is 0. The topological polar surface area (TPSA) is 56.0 Å². The van der Waals surface area contributed by atoms with Gasteiger partial charge in [-0.15, -0.1) is 24.0 Å². The van der Waals surface area contributed by atoms with Crippen LogP contribution in [0.4, 0.5) is 0 Å². The Morgan fingerprint density at radius 2 is 1.94 bits per heavy atom. The van der Waals surface area contributed by atoms with Crippen molar-refractivity contribution in [1.82, 2.24) is 20.4 Å². The Bertz CT molecular complexity index is 852. The zero-order valence-electron chi connectivity index (χ0n) is 19.6. The summed E-state index contributed by atoms with van der Waals surface area (Å²) in [5.41, 5.74) is 2.58. The van der Waals surface area contributed by atoms with E-state index >= 15 is 0 Å². The first-order chi connectivity index (χ1) is 15.1. The van der Waals surface area contributed by atoms with Gasteiger partial charge in [0, 0.05) is 37.8 Å². The summed E-state index contributed by atoms with van der Waals surface area (Å²) in [4.78, 5) is 9.89. The molecule has 0 spiro atoms. The van der Waals surface area contributed by atoms with Gasteiger partial charge in [-0.3, -0.25) is 9.80 Å². The fourth-order valence-corrected chi connectivity index (χ4v) is 4.63. The Hall–Kier alpha value is -1.58. The first-order valence-corrected chi connectivity index (χ1v) is 11.7. The van der Waals surface area contributed by atoms with E-state index < -0.39 is 0 Å². The van der Waals surface area contributed by atoms with Crippen molar-refractivity contribution in [3.63, 3.8) is 0 Å². The molecule has 2 fully saturated rings. The van der Waals surface area contributed by atoms with E-state index in [1.165, 1.54) is 30.4 Å². The van der Waals surface area contributed by atoms with Gasteiger partial charge in [-0.1, -0.05) is 24.3 Å². The summed E-state index contributed by atoms with van der Waals surface area (Å²) < 4.78 is 5.49. The van der Waals surface area contributed by atoms with Crippen molar-refractivity contribution in [2.24, 2.45) is 4.99 Å². The van der Waals surface area contributed by atoms with Crippen LogP contribution in [0.1, 0.15) is 50.0 Å². The third-order valence-corrected chi connectivity index (χ3v) is 6.30. The zero-order valence-corrected chi connectivity index (χ0v) is 21.9. The van der Waals surface area contributed by atoms with Crippen LogP contribution in [0.15, 0.2) is 52.1 Å². The lowest BCUT2D eigenvalue weighted by Gasteiger charge is -2.20. The molecule has 32 heavy (non-hydrogen) atoms. The predicted molar refractivity (Wildman–Crippen MR) is 141 cm³/mol. The highest BCUT2D eigenvalue weighted by atomic mass is 127. The molecule has 2 aromatic rings. The van der Waals surface area contributed by atoms with Crippen molar-refractivity contribution in [1.29, 1.82) is 0 Å². The van der Waals surface area contributed by atoms with Crippen LogP contribution >= 0.6 is 24.0 Å². The number of rotatable bonds is 9. The third kappa shape index (κ3) is 6.96. The highest BCUT2D eigenvalue weighted by Crippen LogP contribution is 2.33. The lowest BCUT2D eigenvalue weighted by atomic mass is 10.1. The smallest absolute Gasteiger partial charge is 0.191 e. The van der Waals surface area contributed by atoms with E-state index in [0.717, 1.165) is 43.9 Å². The molecular weight excluding hydrogens is 513 g/mol. The highest BCUT2D eigenvalue weighted by Gasteiger charge is 2.38. The summed E-state index contributed by atoms with van der Waals surface area (Å²) in [7, 11) is 2.13. The minimum Gasteiger partial charge on any atom is -0.468 e. The molecule has 1 aliphatic carbocycles. The van der Waals surface area contributed by atoms with Gasteiger partial charge in [0.1, 0.15) is 5.76 Å². The maximum absolute atomic E-state index is 5.49. The van der Waals surface area contributed by atoms with E-state index in [9.17, 15) is 0 Å². The average molecular weight is 552 g/mol. The maximum atomic E-state index is 5.49. The van der Waals surface area contributed by atoms with Gasteiger partial charge < -0.3 is 15.1 Å². The van der Waals surface area contributed by atoms with Crippen LogP contribution in [0, 0.1) is 0 Å². The van der Waals surface area contributed by atoms with Gasteiger partial charge in [0.05, 0.1) is 19.4 Å². The van der Waals surface area contributed by atoms with Gasteiger partial charge in [-0.05, 0) is 63.4 Å². The summed E-state index contributed by atoms with van der Waals surface area (Å²) in [6.45, 7) is 8.83. The van der Waals surface area contributed by atoms with Crippen LogP contribution < -0.4 is 10.6 Å². The van der Waals surface area contributed by atoms with Crippen molar-refractivity contribution in [2.75, 3.05) is 20.1 Å². The minimum absolute atomic E-state index is 0. The fraction of sp³-hybridized carbons (Fsp3) is 0.560. The Morgan fingerprint density at radius 3 is 2.62 bits per heavy atom. The molecule has 2 N–H and O–H groups in total. The third-order valence-electron chi connectivity index (χ3n) is 6.30. The number of nitrogens with zero attached hydrogens (tertiary/aromatic N) is 3. The van der Waals surface area contributed by atoms with Crippen LogP contribution in [0.3, 0.4) is 0 Å². The molecular formula is C25H38IN5O. The summed E-state index contributed by atoms with van der Waals surface area (Å²) in [5, 5.41) is 7.14. The molecule has 7 heteroatoms. The predicted octanol–water partition coefficient (Wildman–Crippen LogP) is 4.21. The molecule has 2 unspecified atom stereocenters. The van der Waals surface area contributed by atoms with Crippen LogP contribution in [-0.4, -0.2) is 54.0 Å². The normalized spacial score (nSPS) is 21.6. The van der Waals surface area contributed by atoms with E-state index in [-0.39, 0.29) is 24.0 Å². The van der Waals surface area contributed by atoms with Crippen LogP contribution in [-0.2, 0) is 19.6 Å². The number of guanidine groups is 1. The molecule has 0 bridgehead atoms. The first-order valence-electron chi connectivity index (χ1n) is 11.7. The zero-order chi connectivity index (χ0) is 21.6. The van der Waals surface area contributed by atoms with E-state index in [4.69, 9.17) is 9.41 Å². The Kier molecular flexibility index (Phi) is 9.43. The summed E-state index contributed by atoms with van der Waals surface area (Å²) in [5.74, 6) is 1.92. The fourth-order valence-electron chi connectivity index (χ4n) is 4.63. The molecule has 4 rings (SSSR count). The van der Waals surface area contributed by atoms with Crippen molar-refractivity contribution in [2.45, 2.75) is 70.9 Å². The van der Waals surface area contributed by atoms with E-state index in [1.807, 2.05) is 12.1 Å². The van der Waals surface area contributed by atoms with E-state index in [0.29, 0.717) is 18.6 Å². The lowest BCUT2D eigenvalue weighted by molar-refractivity contribution is 0.256.